The van der Waals surface area contributed by atoms with Crippen LogP contribution in [0.3, 0.4) is 0 Å². The molecule has 0 radical (unpaired) electrons. The average molecular weight is 409 g/mol. The zero-order valence-electron chi connectivity index (χ0n) is 15.2. The van der Waals surface area contributed by atoms with Gasteiger partial charge >= 0.3 is 0 Å². The normalized spacial score (nSPS) is 16.4. The number of ether oxygens (including phenoxy) is 1. The van der Waals surface area contributed by atoms with Crippen LogP contribution in [0.15, 0.2) is 51.7 Å². The van der Waals surface area contributed by atoms with Gasteiger partial charge in [0.15, 0.2) is 5.96 Å². The first-order chi connectivity index (χ1) is 13.0. The molecule has 2 heterocycles. The van der Waals surface area contributed by atoms with Gasteiger partial charge in [0.2, 0.25) is 10.0 Å². The highest BCUT2D eigenvalue weighted by atomic mass is 32.2. The molecule has 27 heavy (non-hydrogen) atoms. The van der Waals surface area contributed by atoms with Crippen LogP contribution in [0.25, 0.3) is 0 Å². The molecule has 1 aliphatic rings. The van der Waals surface area contributed by atoms with Crippen molar-refractivity contribution in [2.75, 3.05) is 20.1 Å². The minimum Gasteiger partial charge on any atom is -0.490 e. The van der Waals surface area contributed by atoms with E-state index in [1.54, 1.807) is 13.1 Å². The van der Waals surface area contributed by atoms with Gasteiger partial charge in [0.1, 0.15) is 16.1 Å². The number of thiophene rings is 1. The fourth-order valence-corrected chi connectivity index (χ4v) is 4.70. The summed E-state index contributed by atoms with van der Waals surface area (Å²) in [5.41, 5.74) is 0. The number of para-hydroxylation sites is 1. The summed E-state index contributed by atoms with van der Waals surface area (Å²) >= 11 is 1.17. The Labute approximate surface area is 163 Å². The molecule has 0 spiro atoms. The maximum Gasteiger partial charge on any atom is 0.247 e. The first-order valence-corrected chi connectivity index (χ1v) is 11.1. The van der Waals surface area contributed by atoms with Crippen molar-refractivity contribution in [2.24, 2.45) is 10.1 Å². The van der Waals surface area contributed by atoms with Gasteiger partial charge < -0.3 is 15.0 Å². The summed E-state index contributed by atoms with van der Waals surface area (Å²) in [7, 11) is -1.89. The van der Waals surface area contributed by atoms with Gasteiger partial charge in [0.05, 0.1) is 6.54 Å². The van der Waals surface area contributed by atoms with Crippen molar-refractivity contribution in [1.29, 1.82) is 0 Å². The highest BCUT2D eigenvalue weighted by Crippen LogP contribution is 2.21. The quantitative estimate of drug-likeness (QED) is 0.583. The number of sulfonamides is 1. The van der Waals surface area contributed by atoms with E-state index in [1.165, 1.54) is 17.4 Å². The molecule has 0 amide bonds. The highest BCUT2D eigenvalue weighted by molar-refractivity contribution is 7.91. The predicted molar refractivity (Wildman–Crippen MR) is 108 cm³/mol. The molecule has 3 rings (SSSR count). The summed E-state index contributed by atoms with van der Waals surface area (Å²) in [6.07, 6.45) is 2.05. The number of aliphatic imine (C=N–C) groups is 1. The number of hydrogen-bond acceptors (Lipinski definition) is 5. The molecule has 1 aromatic carbocycles. The van der Waals surface area contributed by atoms with Crippen molar-refractivity contribution in [3.05, 3.63) is 47.3 Å². The molecule has 0 aliphatic carbocycles. The molecule has 2 aromatic rings. The third-order valence-corrected chi connectivity index (χ3v) is 6.86. The summed E-state index contributed by atoms with van der Waals surface area (Å²) < 4.78 is 28.9. The number of hydrogen-bond donors (Lipinski definition) is 2. The van der Waals surface area contributed by atoms with Gasteiger partial charge in [-0.1, -0.05) is 18.2 Å². The molecule has 1 fully saturated rings. The molecule has 7 nitrogen and oxygen atoms in total. The number of nitrogens with zero attached hydrogens (tertiary/aromatic N) is 2. The summed E-state index contributed by atoms with van der Waals surface area (Å²) in [6.45, 7) is 2.21. The minimum atomic E-state index is -3.64. The van der Waals surface area contributed by atoms with Gasteiger partial charge in [-0.2, -0.15) is 0 Å². The van der Waals surface area contributed by atoms with Crippen LogP contribution < -0.4 is 15.2 Å². The maximum atomic E-state index is 11.4. The average Bonchev–Trinajstić information content (AvgIpc) is 3.14. The number of benzene rings is 1. The second-order valence-electron chi connectivity index (χ2n) is 6.28. The van der Waals surface area contributed by atoms with Gasteiger partial charge in [0, 0.05) is 37.9 Å². The van der Waals surface area contributed by atoms with E-state index < -0.39 is 10.0 Å². The van der Waals surface area contributed by atoms with Gasteiger partial charge in [-0.25, -0.2) is 13.6 Å². The van der Waals surface area contributed by atoms with E-state index in [-0.39, 0.29) is 10.3 Å². The molecule has 1 aromatic heterocycles. The zero-order chi connectivity index (χ0) is 19.3. The van der Waals surface area contributed by atoms with Crippen LogP contribution in [0.1, 0.15) is 17.7 Å². The van der Waals surface area contributed by atoms with Crippen molar-refractivity contribution in [2.45, 2.75) is 29.7 Å². The number of likely N-dealkylation sites (tertiary alicyclic amines) is 1. The first kappa shape index (κ1) is 19.7. The van der Waals surface area contributed by atoms with E-state index in [0.29, 0.717) is 6.54 Å². The largest absolute Gasteiger partial charge is 0.490 e. The Bertz CT molecular complexity index is 873. The molecular weight excluding hydrogens is 384 g/mol. The van der Waals surface area contributed by atoms with Crippen molar-refractivity contribution in [3.8, 4) is 5.75 Å². The molecule has 146 valence electrons. The van der Waals surface area contributed by atoms with Gasteiger partial charge in [-0.3, -0.25) is 4.99 Å². The first-order valence-electron chi connectivity index (χ1n) is 8.74. The predicted octanol–water partition coefficient (Wildman–Crippen LogP) is 2.01. The van der Waals surface area contributed by atoms with Crippen molar-refractivity contribution in [1.82, 2.24) is 10.2 Å². The lowest BCUT2D eigenvalue weighted by Crippen LogP contribution is -2.47. The third kappa shape index (κ3) is 5.44. The summed E-state index contributed by atoms with van der Waals surface area (Å²) in [6, 6.07) is 13.2. The van der Waals surface area contributed by atoms with Gasteiger partial charge in [-0.05, 0) is 24.3 Å². The lowest BCUT2D eigenvalue weighted by Gasteiger charge is -2.34. The second kappa shape index (κ2) is 8.73. The number of piperidine rings is 1. The van der Waals surface area contributed by atoms with Crippen LogP contribution in [0.4, 0.5) is 0 Å². The second-order valence-corrected chi connectivity index (χ2v) is 9.24. The molecule has 0 bridgehead atoms. The Kier molecular flexibility index (Phi) is 6.35. The molecular formula is C18H24N4O3S2. The van der Waals surface area contributed by atoms with Crippen molar-refractivity contribution in [3.63, 3.8) is 0 Å². The number of nitrogens with one attached hydrogen (secondary N) is 1. The Morgan fingerprint density at radius 1 is 1.26 bits per heavy atom. The highest BCUT2D eigenvalue weighted by Gasteiger charge is 2.22. The van der Waals surface area contributed by atoms with Gasteiger partial charge in [-0.15, -0.1) is 11.3 Å². The van der Waals surface area contributed by atoms with Crippen LogP contribution in [-0.2, 0) is 16.6 Å². The SMILES string of the molecule is CN=C(NCc1ccc(S(N)(=O)=O)s1)N1CCC(Oc2ccccc2)CC1. The fourth-order valence-electron chi connectivity index (χ4n) is 2.98. The summed E-state index contributed by atoms with van der Waals surface area (Å²) in [4.78, 5) is 7.43. The topological polar surface area (TPSA) is 97.0 Å². The number of guanidine groups is 1. The Balaban J connectivity index is 1.50. The molecule has 0 unspecified atom stereocenters. The van der Waals surface area contributed by atoms with Crippen LogP contribution >= 0.6 is 11.3 Å². The van der Waals surface area contributed by atoms with Crippen molar-refractivity contribution < 1.29 is 13.2 Å². The van der Waals surface area contributed by atoms with E-state index in [0.717, 1.165) is 42.5 Å². The fraction of sp³-hybridized carbons (Fsp3) is 0.389. The number of nitrogens with two attached hydrogens (primary N) is 1. The molecule has 0 atom stereocenters. The smallest absolute Gasteiger partial charge is 0.247 e. The van der Waals surface area contributed by atoms with E-state index in [2.05, 4.69) is 15.2 Å². The molecule has 1 aliphatic heterocycles. The summed E-state index contributed by atoms with van der Waals surface area (Å²) in [5, 5.41) is 8.45. The van der Waals surface area contributed by atoms with E-state index in [1.807, 2.05) is 30.3 Å². The molecule has 0 saturated carbocycles. The molecule has 1 saturated heterocycles. The Hall–Kier alpha value is -2.10. The molecule has 3 N–H and O–H groups in total. The van der Waals surface area contributed by atoms with Crippen molar-refractivity contribution >= 4 is 27.3 Å². The van der Waals surface area contributed by atoms with Crippen LogP contribution in [0, 0.1) is 0 Å². The lowest BCUT2D eigenvalue weighted by atomic mass is 10.1. The standard InChI is InChI=1S/C18H24N4O3S2/c1-20-18(21-13-16-7-8-17(26-16)27(19,23)24)22-11-9-15(10-12-22)25-14-5-3-2-4-6-14/h2-8,15H,9-13H2,1H3,(H,20,21)(H2,19,23,24). The van der Waals surface area contributed by atoms with Gasteiger partial charge in [0.25, 0.3) is 0 Å². The summed E-state index contributed by atoms with van der Waals surface area (Å²) in [5.74, 6) is 1.71. The Morgan fingerprint density at radius 2 is 1.96 bits per heavy atom. The van der Waals surface area contributed by atoms with Crippen LogP contribution in [0.2, 0.25) is 0 Å². The monoisotopic (exact) mass is 408 g/mol. The van der Waals surface area contributed by atoms with E-state index in [4.69, 9.17) is 9.88 Å². The zero-order valence-corrected chi connectivity index (χ0v) is 16.8. The number of primary sulfonamides is 1. The van der Waals surface area contributed by atoms with Crippen LogP contribution in [0.5, 0.6) is 5.75 Å². The maximum absolute atomic E-state index is 11.4. The molecule has 9 heteroatoms. The minimum absolute atomic E-state index is 0.174. The van der Waals surface area contributed by atoms with E-state index in [9.17, 15) is 8.42 Å². The van der Waals surface area contributed by atoms with Crippen LogP contribution in [-0.4, -0.2) is 45.5 Å². The third-order valence-electron chi connectivity index (χ3n) is 4.34. The van der Waals surface area contributed by atoms with E-state index >= 15 is 0 Å². The Morgan fingerprint density at radius 3 is 2.56 bits per heavy atom. The lowest BCUT2D eigenvalue weighted by molar-refractivity contribution is 0.129. The number of rotatable bonds is 5.